The topological polar surface area (TPSA) is 90.6 Å². The molecule has 1 N–H and O–H groups in total. The zero-order chi connectivity index (χ0) is 17.7. The highest BCUT2D eigenvalue weighted by Crippen LogP contribution is 1.89. The molecular weight excluding hydrogens is 318 g/mol. The third-order valence-electron chi connectivity index (χ3n) is 3.44. The van der Waals surface area contributed by atoms with Gasteiger partial charge in [0, 0.05) is 37.4 Å². The van der Waals surface area contributed by atoms with Crippen LogP contribution in [0.5, 0.6) is 0 Å². The van der Waals surface area contributed by atoms with Gasteiger partial charge in [-0.3, -0.25) is 9.98 Å². The molecule has 0 bridgehead atoms. The van der Waals surface area contributed by atoms with Gasteiger partial charge in [-0.1, -0.05) is 0 Å². The molecule has 2 aromatic heterocycles. The number of aromatic nitrogens is 2. The summed E-state index contributed by atoms with van der Waals surface area (Å²) >= 11 is 0. The Kier molecular flexibility index (Phi) is 8.07. The van der Waals surface area contributed by atoms with E-state index in [0.29, 0.717) is 24.5 Å². The molecule has 0 fully saturated rings. The monoisotopic (exact) mass is 341 g/mol. The van der Waals surface area contributed by atoms with Gasteiger partial charge >= 0.3 is 0 Å². The van der Waals surface area contributed by atoms with Crippen LogP contribution in [-0.2, 0) is 0 Å². The van der Waals surface area contributed by atoms with Gasteiger partial charge in [0.2, 0.25) is 11.4 Å². The summed E-state index contributed by atoms with van der Waals surface area (Å²) in [7, 11) is 0. The minimum Gasteiger partial charge on any atom is -0.618 e. The number of rotatable bonds is 10. The molecule has 0 saturated heterocycles. The molecule has 0 aliphatic rings. The highest BCUT2D eigenvalue weighted by molar-refractivity contribution is 5.75. The summed E-state index contributed by atoms with van der Waals surface area (Å²) in [6.07, 6.45) is 7.94. The summed E-state index contributed by atoms with van der Waals surface area (Å²) in [5, 5.41) is 26.1. The average molecular weight is 341 g/mol. The number of nitrogens with one attached hydrogen (secondary N) is 1. The zero-order valence-electron chi connectivity index (χ0n) is 14.1. The maximum Gasteiger partial charge on any atom is 0.234 e. The summed E-state index contributed by atoms with van der Waals surface area (Å²) in [6.45, 7) is 3.09. The smallest absolute Gasteiger partial charge is 0.234 e. The Morgan fingerprint density at radius 1 is 0.800 bits per heavy atom. The van der Waals surface area contributed by atoms with E-state index in [9.17, 15) is 10.4 Å². The van der Waals surface area contributed by atoms with E-state index in [0.717, 1.165) is 35.4 Å². The second kappa shape index (κ2) is 10.9. The minimum absolute atomic E-state index is 0.547. The molecule has 132 valence electrons. The van der Waals surface area contributed by atoms with Crippen molar-refractivity contribution in [3.8, 4) is 0 Å². The van der Waals surface area contributed by atoms with Gasteiger partial charge < -0.3 is 15.7 Å². The van der Waals surface area contributed by atoms with Crippen LogP contribution in [0.1, 0.15) is 24.2 Å². The summed E-state index contributed by atoms with van der Waals surface area (Å²) in [6, 6.07) is 10.5. The number of nitrogens with zero attached hydrogens (tertiary/aromatic N) is 4. The lowest BCUT2D eigenvalue weighted by Gasteiger charge is -2.02. The van der Waals surface area contributed by atoms with E-state index in [1.807, 2.05) is 12.1 Å². The minimum atomic E-state index is 0.547. The van der Waals surface area contributed by atoms with Crippen LogP contribution in [0, 0.1) is 10.4 Å². The molecule has 0 spiro atoms. The van der Waals surface area contributed by atoms with Gasteiger partial charge in [-0.25, -0.2) is 0 Å². The van der Waals surface area contributed by atoms with E-state index in [-0.39, 0.29) is 0 Å². The maximum atomic E-state index is 11.4. The van der Waals surface area contributed by atoms with Gasteiger partial charge in [0.25, 0.3) is 0 Å². The molecular formula is C18H23N5O2. The van der Waals surface area contributed by atoms with Crippen LogP contribution < -0.4 is 14.8 Å². The van der Waals surface area contributed by atoms with Crippen LogP contribution >= 0.6 is 0 Å². The Balaban J connectivity index is 1.50. The number of pyridine rings is 2. The number of hydrogen-bond acceptors (Lipinski definition) is 5. The number of hydrogen-bond donors (Lipinski definition) is 1. The van der Waals surface area contributed by atoms with Gasteiger partial charge in [0.1, 0.15) is 0 Å². The second-order valence-corrected chi connectivity index (χ2v) is 5.43. The van der Waals surface area contributed by atoms with Crippen molar-refractivity contribution >= 4 is 12.4 Å². The molecule has 7 heteroatoms. The molecule has 0 radical (unpaired) electrons. The largest absolute Gasteiger partial charge is 0.618 e. The van der Waals surface area contributed by atoms with E-state index < -0.39 is 0 Å². The van der Waals surface area contributed by atoms with Crippen molar-refractivity contribution in [2.45, 2.75) is 12.8 Å². The van der Waals surface area contributed by atoms with Crippen molar-refractivity contribution in [3.63, 3.8) is 0 Å². The fraction of sp³-hybridized carbons (Fsp3) is 0.333. The fourth-order valence-electron chi connectivity index (χ4n) is 2.11. The molecule has 0 aromatic carbocycles. The summed E-state index contributed by atoms with van der Waals surface area (Å²) < 4.78 is 1.60. The van der Waals surface area contributed by atoms with Gasteiger partial charge in [-0.05, 0) is 38.1 Å². The molecule has 2 rings (SSSR count). The zero-order valence-corrected chi connectivity index (χ0v) is 14.1. The normalized spacial score (nSPS) is 11.5. The SMILES string of the molecule is [O-][n+]1ccccc1C=NCCCNCCCN=Cc1cccc[n+]1[O-]. The van der Waals surface area contributed by atoms with E-state index in [4.69, 9.17) is 0 Å². The highest BCUT2D eigenvalue weighted by Gasteiger charge is 1.98. The lowest BCUT2D eigenvalue weighted by molar-refractivity contribution is -0.606. The molecule has 0 amide bonds. The van der Waals surface area contributed by atoms with E-state index in [2.05, 4.69) is 15.3 Å². The van der Waals surface area contributed by atoms with Crippen molar-refractivity contribution in [2.75, 3.05) is 26.2 Å². The van der Waals surface area contributed by atoms with Crippen LogP contribution in [0.2, 0.25) is 0 Å². The van der Waals surface area contributed by atoms with E-state index in [1.54, 1.807) is 36.7 Å². The standard InChI is InChI=1S/C18H23N5O2/c24-22-13-3-1-7-17(22)15-20-11-5-9-19-10-6-12-21-16-18-8-2-4-14-23(18)25/h1-4,7-8,13-16,19H,5-6,9-12H2. The Morgan fingerprint density at radius 3 is 1.72 bits per heavy atom. The van der Waals surface area contributed by atoms with Crippen molar-refractivity contribution in [2.24, 2.45) is 9.98 Å². The molecule has 0 atom stereocenters. The average Bonchev–Trinajstić information content (AvgIpc) is 2.62. The third-order valence-corrected chi connectivity index (χ3v) is 3.44. The molecule has 7 nitrogen and oxygen atoms in total. The van der Waals surface area contributed by atoms with Crippen LogP contribution in [0.25, 0.3) is 0 Å². The summed E-state index contributed by atoms with van der Waals surface area (Å²) in [5.41, 5.74) is 1.09. The van der Waals surface area contributed by atoms with Crippen LogP contribution in [0.15, 0.2) is 58.8 Å². The third kappa shape index (κ3) is 7.09. The first kappa shape index (κ1) is 18.5. The Morgan fingerprint density at radius 2 is 1.28 bits per heavy atom. The first-order valence-electron chi connectivity index (χ1n) is 8.34. The maximum absolute atomic E-state index is 11.4. The van der Waals surface area contributed by atoms with Crippen LogP contribution in [0.4, 0.5) is 0 Å². The molecule has 0 unspecified atom stereocenters. The molecule has 25 heavy (non-hydrogen) atoms. The Labute approximate surface area is 147 Å². The van der Waals surface area contributed by atoms with Gasteiger partial charge in [-0.2, -0.15) is 9.46 Å². The highest BCUT2D eigenvalue weighted by atomic mass is 16.5. The quantitative estimate of drug-likeness (QED) is 0.301. The van der Waals surface area contributed by atoms with Crippen molar-refractivity contribution in [1.29, 1.82) is 0 Å². The molecule has 0 aliphatic carbocycles. The Hall–Kier alpha value is -2.80. The predicted octanol–water partition coefficient (Wildman–Crippen LogP) is 0.861. The van der Waals surface area contributed by atoms with Crippen molar-refractivity contribution in [3.05, 3.63) is 70.6 Å². The lowest BCUT2D eigenvalue weighted by Crippen LogP contribution is -2.30. The van der Waals surface area contributed by atoms with Gasteiger partial charge in [0.05, 0.1) is 12.4 Å². The molecule has 2 heterocycles. The summed E-state index contributed by atoms with van der Waals surface area (Å²) in [5.74, 6) is 0. The predicted molar refractivity (Wildman–Crippen MR) is 97.8 cm³/mol. The molecule has 0 saturated carbocycles. The molecule has 0 aliphatic heterocycles. The van der Waals surface area contributed by atoms with E-state index in [1.165, 1.54) is 12.4 Å². The van der Waals surface area contributed by atoms with Crippen molar-refractivity contribution < 1.29 is 9.46 Å². The summed E-state index contributed by atoms with van der Waals surface area (Å²) in [4.78, 5) is 8.50. The lowest BCUT2D eigenvalue weighted by atomic mass is 10.3. The van der Waals surface area contributed by atoms with Crippen LogP contribution in [-0.4, -0.2) is 38.6 Å². The number of aliphatic imine (C=N–C) groups is 2. The first-order valence-corrected chi connectivity index (χ1v) is 8.34. The van der Waals surface area contributed by atoms with Gasteiger partial charge in [0.15, 0.2) is 12.4 Å². The van der Waals surface area contributed by atoms with Gasteiger partial charge in [-0.15, -0.1) is 0 Å². The van der Waals surface area contributed by atoms with Crippen molar-refractivity contribution in [1.82, 2.24) is 5.32 Å². The molecule has 2 aromatic rings. The van der Waals surface area contributed by atoms with E-state index >= 15 is 0 Å². The fourth-order valence-corrected chi connectivity index (χ4v) is 2.11. The second-order valence-electron chi connectivity index (χ2n) is 5.43. The van der Waals surface area contributed by atoms with Crippen LogP contribution in [0.3, 0.4) is 0 Å². The Bertz CT molecular complexity index is 644. The first-order chi connectivity index (χ1) is 12.3.